The molecular formula is C23H25FN2O2. The van der Waals surface area contributed by atoms with Gasteiger partial charge in [0.25, 0.3) is 0 Å². The zero-order chi connectivity index (χ0) is 20.1. The van der Waals surface area contributed by atoms with E-state index >= 15 is 0 Å². The number of nitriles is 1. The monoisotopic (exact) mass is 380 g/mol. The molecule has 0 aromatic heterocycles. The number of benzene rings is 2. The minimum atomic E-state index is -0.687. The Labute approximate surface area is 165 Å². The van der Waals surface area contributed by atoms with E-state index in [0.717, 1.165) is 18.4 Å². The molecule has 2 aromatic carbocycles. The number of carbonyl (C=O) groups excluding carboxylic acids is 1. The average molecular weight is 380 g/mol. The topological polar surface area (TPSA) is 62.1 Å². The normalized spacial score (nSPS) is 15.2. The molecular weight excluding hydrogens is 355 g/mol. The largest absolute Gasteiger partial charge is 0.493 e. The first-order valence-electron chi connectivity index (χ1n) is 9.69. The summed E-state index contributed by atoms with van der Waals surface area (Å²) in [7, 11) is 0. The Morgan fingerprint density at radius 2 is 1.89 bits per heavy atom. The maximum atomic E-state index is 13.3. The number of hydrogen-bond donors (Lipinski definition) is 1. The predicted octanol–water partition coefficient (Wildman–Crippen LogP) is 5.18. The lowest BCUT2D eigenvalue weighted by Gasteiger charge is -2.28. The van der Waals surface area contributed by atoms with Gasteiger partial charge in [0.05, 0.1) is 23.3 Å². The molecule has 0 saturated heterocycles. The molecule has 3 rings (SSSR count). The zero-order valence-electron chi connectivity index (χ0n) is 16.3. The fraction of sp³-hybridized carbons (Fsp3) is 0.391. The van der Waals surface area contributed by atoms with Gasteiger partial charge in [0.1, 0.15) is 17.6 Å². The van der Waals surface area contributed by atoms with E-state index in [-0.39, 0.29) is 11.7 Å². The molecule has 2 aromatic rings. The van der Waals surface area contributed by atoms with Gasteiger partial charge in [-0.05, 0) is 54.7 Å². The van der Waals surface area contributed by atoms with Gasteiger partial charge in [0, 0.05) is 0 Å². The highest BCUT2D eigenvalue weighted by molar-refractivity contribution is 6.00. The Kier molecular flexibility index (Phi) is 5.99. The van der Waals surface area contributed by atoms with Crippen molar-refractivity contribution in [3.8, 4) is 11.8 Å². The summed E-state index contributed by atoms with van der Waals surface area (Å²) in [5.74, 6) is 0.519. The van der Waals surface area contributed by atoms with Crippen LogP contribution in [-0.4, -0.2) is 12.5 Å². The first-order valence-corrected chi connectivity index (χ1v) is 9.69. The van der Waals surface area contributed by atoms with Gasteiger partial charge in [-0.15, -0.1) is 0 Å². The van der Waals surface area contributed by atoms with Gasteiger partial charge in [-0.2, -0.15) is 5.26 Å². The highest BCUT2D eigenvalue weighted by Crippen LogP contribution is 2.42. The molecule has 28 heavy (non-hydrogen) atoms. The van der Waals surface area contributed by atoms with Gasteiger partial charge in [-0.3, -0.25) is 4.79 Å². The number of carbonyl (C=O) groups is 1. The molecule has 0 bridgehead atoms. The molecule has 1 aliphatic carbocycles. The smallest absolute Gasteiger partial charge is 0.235 e. The van der Waals surface area contributed by atoms with Crippen LogP contribution in [0, 0.1) is 23.1 Å². The highest BCUT2D eigenvalue weighted by Gasteiger charge is 2.42. The highest BCUT2D eigenvalue weighted by atomic mass is 19.1. The molecule has 0 radical (unpaired) electrons. The molecule has 0 spiro atoms. The third-order valence-corrected chi connectivity index (χ3v) is 5.23. The summed E-state index contributed by atoms with van der Waals surface area (Å²) in [6.45, 7) is 4.66. The first-order chi connectivity index (χ1) is 13.4. The summed E-state index contributed by atoms with van der Waals surface area (Å²) in [4.78, 5) is 13.2. The van der Waals surface area contributed by atoms with E-state index in [9.17, 15) is 14.4 Å². The standard InChI is InChI=1S/C23H25FN2O2/c1-16(2)15-28-20-9-10-21(17(13-20)14-25)26-22(27)23(11-3-4-12-23)18-5-7-19(24)8-6-18/h5-10,13,16H,3-4,11-12,15H2,1-2H3,(H,26,27). The van der Waals surface area contributed by atoms with Crippen molar-refractivity contribution in [2.45, 2.75) is 44.9 Å². The molecule has 146 valence electrons. The van der Waals surface area contributed by atoms with Crippen LogP contribution < -0.4 is 10.1 Å². The summed E-state index contributed by atoms with van der Waals surface area (Å²) in [5, 5.41) is 12.5. The Morgan fingerprint density at radius 1 is 1.21 bits per heavy atom. The van der Waals surface area contributed by atoms with E-state index in [1.165, 1.54) is 12.1 Å². The van der Waals surface area contributed by atoms with Crippen molar-refractivity contribution in [3.05, 3.63) is 59.4 Å². The Morgan fingerprint density at radius 3 is 2.50 bits per heavy atom. The van der Waals surface area contributed by atoms with Gasteiger partial charge in [-0.1, -0.05) is 38.8 Å². The molecule has 0 unspecified atom stereocenters. The van der Waals surface area contributed by atoms with Gasteiger partial charge in [-0.25, -0.2) is 4.39 Å². The molecule has 1 aliphatic rings. The second-order valence-electron chi connectivity index (χ2n) is 7.77. The average Bonchev–Trinajstić information content (AvgIpc) is 3.18. The number of amides is 1. The summed E-state index contributed by atoms with van der Waals surface area (Å²) in [6, 6.07) is 13.4. The summed E-state index contributed by atoms with van der Waals surface area (Å²) in [6.07, 6.45) is 3.31. The fourth-order valence-electron chi connectivity index (χ4n) is 3.71. The molecule has 1 amide bonds. The molecule has 5 heteroatoms. The van der Waals surface area contributed by atoms with Crippen LogP contribution in [0.1, 0.15) is 50.7 Å². The lowest BCUT2D eigenvalue weighted by molar-refractivity contribution is -0.121. The number of anilines is 1. The van der Waals surface area contributed by atoms with Crippen LogP contribution in [-0.2, 0) is 10.2 Å². The predicted molar refractivity (Wildman–Crippen MR) is 107 cm³/mol. The maximum Gasteiger partial charge on any atom is 0.235 e. The number of nitrogens with zero attached hydrogens (tertiary/aromatic N) is 1. The van der Waals surface area contributed by atoms with E-state index < -0.39 is 5.41 Å². The van der Waals surface area contributed by atoms with E-state index in [1.54, 1.807) is 30.3 Å². The van der Waals surface area contributed by atoms with Crippen LogP contribution in [0.3, 0.4) is 0 Å². The van der Waals surface area contributed by atoms with Crippen molar-refractivity contribution in [1.82, 2.24) is 0 Å². The molecule has 0 aliphatic heterocycles. The van der Waals surface area contributed by atoms with E-state index in [0.29, 0.717) is 42.4 Å². The van der Waals surface area contributed by atoms with E-state index in [2.05, 4.69) is 25.2 Å². The second-order valence-corrected chi connectivity index (χ2v) is 7.77. The van der Waals surface area contributed by atoms with Gasteiger partial charge >= 0.3 is 0 Å². The number of nitrogens with one attached hydrogen (secondary N) is 1. The van der Waals surface area contributed by atoms with Crippen molar-refractivity contribution in [2.24, 2.45) is 5.92 Å². The summed E-state index contributed by atoms with van der Waals surface area (Å²) >= 11 is 0. The van der Waals surface area contributed by atoms with Crippen molar-refractivity contribution in [2.75, 3.05) is 11.9 Å². The second kappa shape index (κ2) is 8.43. The van der Waals surface area contributed by atoms with E-state index in [4.69, 9.17) is 4.74 Å². The Hall–Kier alpha value is -2.87. The quantitative estimate of drug-likeness (QED) is 0.751. The van der Waals surface area contributed by atoms with Crippen LogP contribution in [0.2, 0.25) is 0 Å². The third kappa shape index (κ3) is 4.17. The fourth-order valence-corrected chi connectivity index (χ4v) is 3.71. The van der Waals surface area contributed by atoms with Crippen molar-refractivity contribution in [3.63, 3.8) is 0 Å². The first kappa shape index (κ1) is 19.9. The van der Waals surface area contributed by atoms with Crippen molar-refractivity contribution in [1.29, 1.82) is 5.26 Å². The Balaban J connectivity index is 1.84. The maximum absolute atomic E-state index is 13.3. The van der Waals surface area contributed by atoms with Crippen LogP contribution in [0.4, 0.5) is 10.1 Å². The molecule has 0 atom stereocenters. The van der Waals surface area contributed by atoms with Crippen LogP contribution >= 0.6 is 0 Å². The number of rotatable bonds is 6. The molecule has 1 N–H and O–H groups in total. The summed E-state index contributed by atoms with van der Waals surface area (Å²) < 4.78 is 19.0. The van der Waals surface area contributed by atoms with Crippen LogP contribution in [0.15, 0.2) is 42.5 Å². The molecule has 0 heterocycles. The Bertz CT molecular complexity index is 878. The minimum Gasteiger partial charge on any atom is -0.493 e. The lowest BCUT2D eigenvalue weighted by atomic mass is 9.78. The van der Waals surface area contributed by atoms with Gasteiger partial charge in [0.2, 0.25) is 5.91 Å². The van der Waals surface area contributed by atoms with Gasteiger partial charge < -0.3 is 10.1 Å². The van der Waals surface area contributed by atoms with Gasteiger partial charge in [0.15, 0.2) is 0 Å². The molecule has 1 saturated carbocycles. The van der Waals surface area contributed by atoms with Crippen LogP contribution in [0.5, 0.6) is 5.75 Å². The SMILES string of the molecule is CC(C)COc1ccc(NC(=O)C2(c3ccc(F)cc3)CCCC2)c(C#N)c1. The van der Waals surface area contributed by atoms with E-state index in [1.807, 2.05) is 0 Å². The number of halogens is 1. The third-order valence-electron chi connectivity index (χ3n) is 5.23. The number of ether oxygens (including phenoxy) is 1. The number of hydrogen-bond acceptors (Lipinski definition) is 3. The summed E-state index contributed by atoms with van der Waals surface area (Å²) in [5.41, 5.74) is 0.965. The minimum absolute atomic E-state index is 0.149. The van der Waals surface area contributed by atoms with Crippen molar-refractivity contribution >= 4 is 11.6 Å². The zero-order valence-corrected chi connectivity index (χ0v) is 16.3. The van der Waals surface area contributed by atoms with Crippen LogP contribution in [0.25, 0.3) is 0 Å². The van der Waals surface area contributed by atoms with Crippen molar-refractivity contribution < 1.29 is 13.9 Å². The molecule has 4 nitrogen and oxygen atoms in total. The molecule has 1 fully saturated rings. The lowest BCUT2D eigenvalue weighted by Crippen LogP contribution is -2.38.